The molecule has 5 nitrogen and oxygen atoms in total. The highest BCUT2D eigenvalue weighted by Crippen LogP contribution is 2.28. The topological polar surface area (TPSA) is 60.8 Å². The first-order valence-corrected chi connectivity index (χ1v) is 12.2. The lowest BCUT2D eigenvalue weighted by molar-refractivity contribution is 0.0344. The molecule has 0 saturated carbocycles. The molecule has 3 aromatic rings. The highest BCUT2D eigenvalue weighted by Gasteiger charge is 2.25. The maximum Gasteiger partial charge on any atom is 0.144 e. The SMILES string of the molecule is CC(C)(C)[S+]([O-])N=Cc1ccc(-c2cc(CN3CCOCC3)c3ccc(Cl)cc3n2)cc1. The van der Waals surface area contributed by atoms with Crippen LogP contribution in [0.15, 0.2) is 52.9 Å². The maximum absolute atomic E-state index is 12.2. The first-order chi connectivity index (χ1) is 15.3. The highest BCUT2D eigenvalue weighted by atomic mass is 35.5. The summed E-state index contributed by atoms with van der Waals surface area (Å²) >= 11 is 4.99. The lowest BCUT2D eigenvalue weighted by atomic mass is 10.0. The van der Waals surface area contributed by atoms with Gasteiger partial charge in [-0.15, -0.1) is 0 Å². The number of hydrogen-bond acceptors (Lipinski definition) is 5. The van der Waals surface area contributed by atoms with Gasteiger partial charge in [-0.1, -0.05) is 46.3 Å². The lowest BCUT2D eigenvalue weighted by Crippen LogP contribution is -2.35. The van der Waals surface area contributed by atoms with Crippen LogP contribution in [-0.2, 0) is 22.6 Å². The van der Waals surface area contributed by atoms with Gasteiger partial charge in [-0.25, -0.2) is 4.98 Å². The Bertz CT molecular complexity index is 1110. The average molecular weight is 470 g/mol. The number of pyridine rings is 1. The zero-order chi connectivity index (χ0) is 22.7. The Morgan fingerprint density at radius 1 is 1.12 bits per heavy atom. The van der Waals surface area contributed by atoms with Crippen molar-refractivity contribution in [2.75, 3.05) is 26.3 Å². The van der Waals surface area contributed by atoms with Crippen molar-refractivity contribution in [1.82, 2.24) is 9.88 Å². The molecule has 0 aliphatic carbocycles. The van der Waals surface area contributed by atoms with Gasteiger partial charge in [-0.3, -0.25) is 4.90 Å². The van der Waals surface area contributed by atoms with E-state index in [1.54, 1.807) is 6.21 Å². The quantitative estimate of drug-likeness (QED) is 0.377. The zero-order valence-corrected chi connectivity index (χ0v) is 20.2. The number of benzene rings is 2. The van der Waals surface area contributed by atoms with Gasteiger partial charge >= 0.3 is 0 Å². The number of nitrogens with zero attached hydrogens (tertiary/aromatic N) is 3. The molecule has 2 heterocycles. The van der Waals surface area contributed by atoms with Crippen molar-refractivity contribution in [3.05, 3.63) is 64.7 Å². The van der Waals surface area contributed by atoms with Crippen LogP contribution in [0.2, 0.25) is 5.02 Å². The third-order valence-electron chi connectivity index (χ3n) is 5.38. The Hall–Kier alpha value is -1.96. The van der Waals surface area contributed by atoms with Crippen LogP contribution in [0.25, 0.3) is 22.2 Å². The second-order valence-electron chi connectivity index (χ2n) is 8.93. The number of aromatic nitrogens is 1. The molecule has 168 valence electrons. The Labute approximate surface area is 197 Å². The van der Waals surface area contributed by atoms with Gasteiger partial charge in [0.25, 0.3) is 0 Å². The molecule has 1 aliphatic heterocycles. The lowest BCUT2D eigenvalue weighted by Gasteiger charge is -2.27. The first kappa shape index (κ1) is 23.2. The summed E-state index contributed by atoms with van der Waals surface area (Å²) in [6, 6.07) is 16.1. The molecule has 2 aromatic carbocycles. The third-order valence-corrected chi connectivity index (χ3v) is 6.96. The van der Waals surface area contributed by atoms with E-state index in [2.05, 4.69) is 21.4 Å². The van der Waals surface area contributed by atoms with Gasteiger partial charge in [-0.05, 0) is 50.1 Å². The van der Waals surface area contributed by atoms with Crippen LogP contribution in [0.1, 0.15) is 31.9 Å². The van der Waals surface area contributed by atoms with Crippen LogP contribution in [-0.4, -0.2) is 51.7 Å². The van der Waals surface area contributed by atoms with E-state index in [4.69, 9.17) is 21.3 Å². The van der Waals surface area contributed by atoms with E-state index >= 15 is 0 Å². The molecule has 32 heavy (non-hydrogen) atoms. The summed E-state index contributed by atoms with van der Waals surface area (Å²) in [5, 5.41) is 1.80. The summed E-state index contributed by atoms with van der Waals surface area (Å²) in [5.41, 5.74) is 4.96. The Morgan fingerprint density at radius 2 is 1.84 bits per heavy atom. The van der Waals surface area contributed by atoms with Gasteiger partial charge < -0.3 is 9.29 Å². The van der Waals surface area contributed by atoms with Crippen LogP contribution in [0, 0.1) is 0 Å². The fraction of sp³-hybridized carbons (Fsp3) is 0.360. The fourth-order valence-corrected chi connectivity index (χ4v) is 4.26. The summed E-state index contributed by atoms with van der Waals surface area (Å²) in [7, 11) is 0. The maximum atomic E-state index is 12.2. The van der Waals surface area contributed by atoms with E-state index in [1.807, 2.05) is 57.2 Å². The minimum absolute atomic E-state index is 0.371. The molecule has 1 fully saturated rings. The number of halogens is 1. The molecule has 7 heteroatoms. The van der Waals surface area contributed by atoms with E-state index in [0.717, 1.165) is 60.6 Å². The van der Waals surface area contributed by atoms with E-state index in [0.29, 0.717) is 5.02 Å². The van der Waals surface area contributed by atoms with E-state index in [-0.39, 0.29) is 4.75 Å². The van der Waals surface area contributed by atoms with Crippen molar-refractivity contribution in [1.29, 1.82) is 0 Å². The van der Waals surface area contributed by atoms with Crippen LogP contribution in [0.4, 0.5) is 0 Å². The van der Waals surface area contributed by atoms with Gasteiger partial charge in [0.1, 0.15) is 16.1 Å². The molecule has 1 unspecified atom stereocenters. The van der Waals surface area contributed by atoms with E-state index in [9.17, 15) is 4.55 Å². The third kappa shape index (κ3) is 5.69. The molecule has 0 bridgehead atoms. The van der Waals surface area contributed by atoms with Gasteiger partial charge in [0, 0.05) is 35.6 Å². The summed E-state index contributed by atoms with van der Waals surface area (Å²) in [4.78, 5) is 7.29. The van der Waals surface area contributed by atoms with Crippen LogP contribution >= 0.6 is 11.6 Å². The molecule has 1 aromatic heterocycles. The highest BCUT2D eigenvalue weighted by molar-refractivity contribution is 7.91. The minimum atomic E-state index is -1.27. The van der Waals surface area contributed by atoms with Crippen molar-refractivity contribution < 1.29 is 9.29 Å². The molecule has 0 spiro atoms. The van der Waals surface area contributed by atoms with Crippen molar-refractivity contribution in [3.8, 4) is 11.3 Å². The van der Waals surface area contributed by atoms with Crippen molar-refractivity contribution in [2.45, 2.75) is 32.1 Å². The number of hydrogen-bond donors (Lipinski definition) is 0. The fourth-order valence-electron chi connectivity index (χ4n) is 3.56. The molecule has 1 saturated heterocycles. The number of rotatable bonds is 5. The predicted molar refractivity (Wildman–Crippen MR) is 134 cm³/mol. The Kier molecular flexibility index (Phi) is 7.17. The minimum Gasteiger partial charge on any atom is -0.591 e. The van der Waals surface area contributed by atoms with E-state index < -0.39 is 11.4 Å². The Morgan fingerprint density at radius 3 is 2.53 bits per heavy atom. The molecule has 4 rings (SSSR count). The number of morpholine rings is 1. The Balaban J connectivity index is 1.64. The summed E-state index contributed by atoms with van der Waals surface area (Å²) < 4.78 is 21.5. The predicted octanol–water partition coefficient (Wildman–Crippen LogP) is 5.27. The van der Waals surface area contributed by atoms with Crippen molar-refractivity contribution >= 4 is 40.1 Å². The number of ether oxygens (including phenoxy) is 1. The second-order valence-corrected chi connectivity index (χ2v) is 11.3. The zero-order valence-electron chi connectivity index (χ0n) is 18.7. The van der Waals surface area contributed by atoms with Gasteiger partial charge in [0.05, 0.1) is 30.6 Å². The molecule has 0 radical (unpaired) electrons. The smallest absolute Gasteiger partial charge is 0.144 e. The molecule has 1 atom stereocenters. The summed E-state index contributed by atoms with van der Waals surface area (Å²) in [6.07, 6.45) is 1.67. The normalized spacial score (nSPS) is 16.7. The molecule has 0 N–H and O–H groups in total. The molecular weight excluding hydrogens is 442 g/mol. The molecule has 0 amide bonds. The van der Waals surface area contributed by atoms with Crippen molar-refractivity contribution in [3.63, 3.8) is 0 Å². The molecule has 1 aliphatic rings. The van der Waals surface area contributed by atoms with Gasteiger partial charge in [0.15, 0.2) is 0 Å². The van der Waals surface area contributed by atoms with Crippen LogP contribution in [0.5, 0.6) is 0 Å². The average Bonchev–Trinajstić information content (AvgIpc) is 2.77. The van der Waals surface area contributed by atoms with Crippen LogP contribution < -0.4 is 0 Å². The summed E-state index contributed by atoms with van der Waals surface area (Å²) in [6.45, 7) is 9.98. The standard InChI is InChI=1S/C25H28ClN3O2S/c1-25(2,3)32(30)27-16-18-4-6-19(7-5-18)23-14-20(17-29-10-12-31-13-11-29)22-9-8-21(26)15-24(22)28-23/h4-9,14-16H,10-13,17H2,1-3H3. The van der Waals surface area contributed by atoms with Gasteiger partial charge in [-0.2, -0.15) is 0 Å². The summed E-state index contributed by atoms with van der Waals surface area (Å²) in [5.74, 6) is 0. The largest absolute Gasteiger partial charge is 0.591 e. The monoisotopic (exact) mass is 469 g/mol. The van der Waals surface area contributed by atoms with Crippen molar-refractivity contribution in [2.24, 2.45) is 4.40 Å². The van der Waals surface area contributed by atoms with Gasteiger partial charge in [0.2, 0.25) is 0 Å². The second kappa shape index (κ2) is 9.89. The number of fused-ring (bicyclic) bond motifs is 1. The molecular formula is C25H28ClN3O2S. The van der Waals surface area contributed by atoms with E-state index in [1.165, 1.54) is 5.56 Å². The first-order valence-electron chi connectivity index (χ1n) is 10.8. The van der Waals surface area contributed by atoms with Crippen LogP contribution in [0.3, 0.4) is 0 Å².